The molecule has 0 aliphatic carbocycles. The Bertz CT molecular complexity index is 816. The number of halogens is 1. The molecule has 4 nitrogen and oxygen atoms in total. The summed E-state index contributed by atoms with van der Waals surface area (Å²) in [7, 11) is 0. The number of nitrogens with one attached hydrogen (secondary N) is 1. The number of aryl methyl sites for hydroxylation is 2. The van der Waals surface area contributed by atoms with Gasteiger partial charge in [0.25, 0.3) is 5.91 Å². The van der Waals surface area contributed by atoms with Gasteiger partial charge in [-0.05, 0) is 44.9 Å². The summed E-state index contributed by atoms with van der Waals surface area (Å²) in [6, 6.07) is 3.84. The van der Waals surface area contributed by atoms with Crippen molar-refractivity contribution in [1.29, 1.82) is 0 Å². The first-order valence-corrected chi connectivity index (χ1v) is 7.74. The zero-order valence-electron chi connectivity index (χ0n) is 12.3. The summed E-state index contributed by atoms with van der Waals surface area (Å²) < 4.78 is 2.89. The molecule has 0 saturated carbocycles. The van der Waals surface area contributed by atoms with Crippen LogP contribution in [0.3, 0.4) is 0 Å². The summed E-state index contributed by atoms with van der Waals surface area (Å²) >= 11 is 3.44. The van der Waals surface area contributed by atoms with E-state index in [1.54, 1.807) is 12.3 Å². The smallest absolute Gasteiger partial charge is 0.257 e. The third-order valence-electron chi connectivity index (χ3n) is 3.57. The zero-order valence-corrected chi connectivity index (χ0v) is 13.9. The molecule has 2 aromatic rings. The first-order chi connectivity index (χ1) is 9.76. The van der Waals surface area contributed by atoms with Crippen molar-refractivity contribution in [2.45, 2.75) is 39.3 Å². The Kier molecular flexibility index (Phi) is 3.20. The highest BCUT2D eigenvalue weighted by atomic mass is 79.9. The molecule has 2 heterocycles. The SMILES string of the molecule is CC(C)(C)NC(=O)c1cn2c3c(cc(Br)cc3c1=O)CC2. The van der Waals surface area contributed by atoms with Crippen molar-refractivity contribution in [2.24, 2.45) is 0 Å². The van der Waals surface area contributed by atoms with Gasteiger partial charge in [0.05, 0.1) is 5.52 Å². The molecule has 5 heteroatoms. The Morgan fingerprint density at radius 1 is 1.33 bits per heavy atom. The Morgan fingerprint density at radius 2 is 2.05 bits per heavy atom. The molecule has 1 aliphatic rings. The van der Waals surface area contributed by atoms with Crippen LogP contribution in [0.15, 0.2) is 27.6 Å². The Hall–Kier alpha value is -1.62. The number of hydrogen-bond acceptors (Lipinski definition) is 2. The average molecular weight is 349 g/mol. The van der Waals surface area contributed by atoms with Crippen molar-refractivity contribution in [3.63, 3.8) is 0 Å². The third kappa shape index (κ3) is 2.50. The molecule has 0 unspecified atom stereocenters. The molecule has 0 bridgehead atoms. The minimum atomic E-state index is -0.369. The summed E-state index contributed by atoms with van der Waals surface area (Å²) in [6.45, 7) is 6.50. The fourth-order valence-corrected chi connectivity index (χ4v) is 3.27. The minimum absolute atomic E-state index is 0.201. The second-order valence-electron chi connectivity index (χ2n) is 6.48. The first kappa shape index (κ1) is 14.3. The van der Waals surface area contributed by atoms with E-state index in [-0.39, 0.29) is 22.4 Å². The Morgan fingerprint density at radius 3 is 2.71 bits per heavy atom. The number of benzene rings is 1. The zero-order chi connectivity index (χ0) is 15.4. The number of nitrogens with zero attached hydrogens (tertiary/aromatic N) is 1. The molecule has 110 valence electrons. The highest BCUT2D eigenvalue weighted by Crippen LogP contribution is 2.28. The van der Waals surface area contributed by atoms with Crippen LogP contribution < -0.4 is 10.7 Å². The highest BCUT2D eigenvalue weighted by Gasteiger charge is 2.23. The van der Waals surface area contributed by atoms with E-state index in [9.17, 15) is 9.59 Å². The molecular formula is C16H17BrN2O2. The normalized spacial score (nSPS) is 13.7. The molecule has 0 atom stereocenters. The lowest BCUT2D eigenvalue weighted by Crippen LogP contribution is -2.42. The maximum Gasteiger partial charge on any atom is 0.257 e. The largest absolute Gasteiger partial charge is 0.347 e. The average Bonchev–Trinajstić information content (AvgIpc) is 2.74. The van der Waals surface area contributed by atoms with Gasteiger partial charge in [0.2, 0.25) is 5.43 Å². The van der Waals surface area contributed by atoms with Gasteiger partial charge in [-0.15, -0.1) is 0 Å². The van der Waals surface area contributed by atoms with Crippen molar-refractivity contribution in [3.8, 4) is 0 Å². The third-order valence-corrected chi connectivity index (χ3v) is 4.03. The predicted molar refractivity (Wildman–Crippen MR) is 86.8 cm³/mol. The van der Waals surface area contributed by atoms with Crippen LogP contribution in [0, 0.1) is 0 Å². The number of rotatable bonds is 1. The molecule has 3 rings (SSSR count). The molecule has 1 aromatic heterocycles. The van der Waals surface area contributed by atoms with Crippen LogP contribution in [0.25, 0.3) is 10.9 Å². The molecule has 0 spiro atoms. The number of carbonyl (C=O) groups is 1. The quantitative estimate of drug-likeness (QED) is 0.861. The molecule has 0 saturated heterocycles. The van der Waals surface area contributed by atoms with E-state index in [1.165, 1.54) is 0 Å². The van der Waals surface area contributed by atoms with Crippen LogP contribution in [0.5, 0.6) is 0 Å². The fourth-order valence-electron chi connectivity index (χ4n) is 2.77. The van der Waals surface area contributed by atoms with Crippen LogP contribution in [0.4, 0.5) is 0 Å². The van der Waals surface area contributed by atoms with E-state index in [1.807, 2.05) is 31.4 Å². The molecular weight excluding hydrogens is 332 g/mol. The standard InChI is InChI=1S/C16H17BrN2O2/c1-16(2,3)18-15(21)12-8-19-5-4-9-6-10(17)7-11(13(9)19)14(12)20/h6-8H,4-5H2,1-3H3,(H,18,21). The topological polar surface area (TPSA) is 51.1 Å². The summed E-state index contributed by atoms with van der Waals surface area (Å²) in [5.74, 6) is -0.313. The number of hydrogen-bond donors (Lipinski definition) is 1. The Balaban J connectivity index is 2.22. The number of pyridine rings is 1. The van der Waals surface area contributed by atoms with Crippen molar-refractivity contribution < 1.29 is 4.79 Å². The van der Waals surface area contributed by atoms with Crippen molar-refractivity contribution in [2.75, 3.05) is 0 Å². The fraction of sp³-hybridized carbons (Fsp3) is 0.375. The number of amides is 1. The molecule has 0 fully saturated rings. The van der Waals surface area contributed by atoms with Crippen LogP contribution in [-0.2, 0) is 13.0 Å². The second-order valence-corrected chi connectivity index (χ2v) is 7.40. The van der Waals surface area contributed by atoms with Gasteiger partial charge in [0.15, 0.2) is 0 Å². The molecule has 1 aliphatic heterocycles. The molecule has 1 amide bonds. The van der Waals surface area contributed by atoms with Gasteiger partial charge in [0, 0.05) is 28.1 Å². The van der Waals surface area contributed by atoms with E-state index in [0.29, 0.717) is 5.39 Å². The summed E-state index contributed by atoms with van der Waals surface area (Å²) in [5, 5.41) is 3.47. The predicted octanol–water partition coefficient (Wildman–Crippen LogP) is 2.85. The summed E-state index contributed by atoms with van der Waals surface area (Å²) in [5.41, 5.74) is 1.75. The van der Waals surface area contributed by atoms with Gasteiger partial charge >= 0.3 is 0 Å². The summed E-state index contributed by atoms with van der Waals surface area (Å²) in [4.78, 5) is 25.0. The van der Waals surface area contributed by atoms with E-state index in [0.717, 1.165) is 28.5 Å². The maximum absolute atomic E-state index is 12.6. The number of carbonyl (C=O) groups excluding carboxylic acids is 1. The van der Waals surface area contributed by atoms with Gasteiger partial charge in [0.1, 0.15) is 5.56 Å². The Labute approximate surface area is 131 Å². The van der Waals surface area contributed by atoms with E-state index in [2.05, 4.69) is 21.2 Å². The van der Waals surface area contributed by atoms with Gasteiger partial charge in [-0.25, -0.2) is 0 Å². The maximum atomic E-state index is 12.6. The lowest BCUT2D eigenvalue weighted by Gasteiger charge is -2.20. The van der Waals surface area contributed by atoms with Crippen molar-refractivity contribution in [1.82, 2.24) is 9.88 Å². The molecule has 1 N–H and O–H groups in total. The van der Waals surface area contributed by atoms with Crippen molar-refractivity contribution >= 4 is 32.7 Å². The van der Waals surface area contributed by atoms with E-state index in [4.69, 9.17) is 0 Å². The molecule has 1 aromatic carbocycles. The van der Waals surface area contributed by atoms with Crippen LogP contribution in [0.2, 0.25) is 0 Å². The highest BCUT2D eigenvalue weighted by molar-refractivity contribution is 9.10. The molecule has 21 heavy (non-hydrogen) atoms. The lowest BCUT2D eigenvalue weighted by molar-refractivity contribution is 0.0918. The monoisotopic (exact) mass is 348 g/mol. The lowest BCUT2D eigenvalue weighted by atomic mass is 10.1. The first-order valence-electron chi connectivity index (χ1n) is 6.94. The van der Waals surface area contributed by atoms with E-state index < -0.39 is 0 Å². The van der Waals surface area contributed by atoms with Crippen LogP contribution in [-0.4, -0.2) is 16.0 Å². The van der Waals surface area contributed by atoms with Crippen LogP contribution in [0.1, 0.15) is 36.7 Å². The minimum Gasteiger partial charge on any atom is -0.347 e. The van der Waals surface area contributed by atoms with E-state index >= 15 is 0 Å². The van der Waals surface area contributed by atoms with Gasteiger partial charge in [-0.1, -0.05) is 15.9 Å². The van der Waals surface area contributed by atoms with Crippen LogP contribution >= 0.6 is 15.9 Å². The number of aromatic nitrogens is 1. The van der Waals surface area contributed by atoms with Gasteiger partial charge in [-0.3, -0.25) is 9.59 Å². The van der Waals surface area contributed by atoms with Gasteiger partial charge < -0.3 is 9.88 Å². The van der Waals surface area contributed by atoms with Gasteiger partial charge in [-0.2, -0.15) is 0 Å². The molecule has 0 radical (unpaired) electrons. The van der Waals surface area contributed by atoms with Crippen molar-refractivity contribution in [3.05, 3.63) is 44.2 Å². The summed E-state index contributed by atoms with van der Waals surface area (Å²) in [6.07, 6.45) is 2.58. The second kappa shape index (κ2) is 4.70.